The number of ether oxygens (including phenoxy) is 1. The second kappa shape index (κ2) is 11.3. The number of hydrogen-bond acceptors (Lipinski definition) is 5. The average Bonchev–Trinajstić information content (AvgIpc) is 2.72. The van der Waals surface area contributed by atoms with Gasteiger partial charge < -0.3 is 25.4 Å². The number of aromatic hydroxyl groups is 1. The molecule has 0 fully saturated rings. The van der Waals surface area contributed by atoms with Gasteiger partial charge in [-0.2, -0.15) is 0 Å². The molecule has 2 aromatic carbocycles. The van der Waals surface area contributed by atoms with E-state index in [9.17, 15) is 19.5 Å². The largest absolute Gasteiger partial charge is 0.508 e. The van der Waals surface area contributed by atoms with Crippen molar-refractivity contribution in [1.29, 1.82) is 0 Å². The van der Waals surface area contributed by atoms with Gasteiger partial charge in [0.2, 0.25) is 11.8 Å². The standard InChI is InChI=1S/C27H37N3O5/c1-26(2,3)29-23(32)22(19-15-11-12-16-21(19)31)30(7)24(33)20(17-18-13-9-8-10-14-18)28-25(34)35-27(4,5)6/h8-16,20,22,31H,17H2,1-7H3,(H,28,34)(H,29,32). The minimum absolute atomic E-state index is 0.110. The Morgan fingerprint density at radius 2 is 1.51 bits per heavy atom. The molecule has 3 N–H and O–H groups in total. The molecule has 0 saturated heterocycles. The highest BCUT2D eigenvalue weighted by molar-refractivity contribution is 5.92. The molecule has 3 amide bonds. The first-order chi connectivity index (χ1) is 16.2. The summed E-state index contributed by atoms with van der Waals surface area (Å²) in [6.45, 7) is 10.7. The number of likely N-dealkylation sites (N-methyl/N-ethyl adjacent to an activating group) is 1. The Kier molecular flexibility index (Phi) is 8.90. The number of amides is 3. The van der Waals surface area contributed by atoms with E-state index >= 15 is 0 Å². The number of carbonyl (C=O) groups excluding carboxylic acids is 3. The molecule has 2 unspecified atom stereocenters. The van der Waals surface area contributed by atoms with E-state index in [1.54, 1.807) is 39.0 Å². The van der Waals surface area contributed by atoms with Crippen molar-refractivity contribution in [3.63, 3.8) is 0 Å². The Bertz CT molecular complexity index is 1030. The van der Waals surface area contributed by atoms with Crippen LogP contribution in [0.15, 0.2) is 54.6 Å². The van der Waals surface area contributed by atoms with E-state index in [2.05, 4.69) is 10.6 Å². The molecule has 8 nitrogen and oxygen atoms in total. The summed E-state index contributed by atoms with van der Waals surface area (Å²) in [7, 11) is 1.48. The number of hydrogen-bond donors (Lipinski definition) is 3. The van der Waals surface area contributed by atoms with Gasteiger partial charge in [-0.1, -0.05) is 48.5 Å². The third kappa shape index (κ3) is 8.63. The van der Waals surface area contributed by atoms with Gasteiger partial charge in [0.15, 0.2) is 0 Å². The lowest BCUT2D eigenvalue weighted by Crippen LogP contribution is -2.54. The fourth-order valence-corrected chi connectivity index (χ4v) is 3.56. The first-order valence-electron chi connectivity index (χ1n) is 11.6. The number of carbonyl (C=O) groups is 3. The first-order valence-corrected chi connectivity index (χ1v) is 11.6. The third-order valence-corrected chi connectivity index (χ3v) is 4.98. The van der Waals surface area contributed by atoms with Crippen LogP contribution in [-0.2, 0) is 20.7 Å². The van der Waals surface area contributed by atoms with E-state index in [0.29, 0.717) is 0 Å². The first kappa shape index (κ1) is 27.7. The maximum absolute atomic E-state index is 13.7. The summed E-state index contributed by atoms with van der Waals surface area (Å²) >= 11 is 0. The summed E-state index contributed by atoms with van der Waals surface area (Å²) in [6.07, 6.45) is -0.545. The Morgan fingerprint density at radius 1 is 0.943 bits per heavy atom. The van der Waals surface area contributed by atoms with Gasteiger partial charge in [0, 0.05) is 24.6 Å². The van der Waals surface area contributed by atoms with Gasteiger partial charge in [-0.25, -0.2) is 4.79 Å². The van der Waals surface area contributed by atoms with Crippen LogP contribution in [0.3, 0.4) is 0 Å². The van der Waals surface area contributed by atoms with E-state index in [4.69, 9.17) is 4.74 Å². The van der Waals surface area contributed by atoms with Gasteiger partial charge in [0.25, 0.3) is 0 Å². The van der Waals surface area contributed by atoms with E-state index < -0.39 is 41.1 Å². The molecule has 2 rings (SSSR count). The van der Waals surface area contributed by atoms with E-state index in [0.717, 1.165) is 5.56 Å². The molecule has 0 spiro atoms. The minimum atomic E-state index is -1.12. The zero-order valence-corrected chi connectivity index (χ0v) is 21.6. The van der Waals surface area contributed by atoms with Gasteiger partial charge >= 0.3 is 6.09 Å². The summed E-state index contributed by atoms with van der Waals surface area (Å²) in [6, 6.07) is 13.5. The molecule has 0 radical (unpaired) electrons. The monoisotopic (exact) mass is 483 g/mol. The molecule has 2 atom stereocenters. The number of phenols is 1. The SMILES string of the molecule is CN(C(=O)C(Cc1ccccc1)NC(=O)OC(C)(C)C)C(C(=O)NC(C)(C)C)c1ccccc1O. The Balaban J connectivity index is 2.43. The second-order valence-electron chi connectivity index (χ2n) is 10.5. The van der Waals surface area contributed by atoms with Gasteiger partial charge in [-0.3, -0.25) is 9.59 Å². The van der Waals surface area contributed by atoms with E-state index in [-0.39, 0.29) is 17.7 Å². The summed E-state index contributed by atoms with van der Waals surface area (Å²) in [5.74, 6) is -1.07. The molecule has 190 valence electrons. The predicted octanol–water partition coefficient (Wildman–Crippen LogP) is 3.94. The number of para-hydroxylation sites is 1. The van der Waals surface area contributed by atoms with Crippen LogP contribution in [0.1, 0.15) is 58.7 Å². The number of rotatable bonds is 7. The summed E-state index contributed by atoms with van der Waals surface area (Å²) in [5, 5.41) is 16.0. The number of nitrogens with one attached hydrogen (secondary N) is 2. The fraction of sp³-hybridized carbons (Fsp3) is 0.444. The van der Waals surface area contributed by atoms with Crippen molar-refractivity contribution in [2.75, 3.05) is 7.05 Å². The molecule has 8 heteroatoms. The zero-order valence-electron chi connectivity index (χ0n) is 21.6. The van der Waals surface area contributed by atoms with Gasteiger partial charge in [0.05, 0.1) is 0 Å². The highest BCUT2D eigenvalue weighted by Gasteiger charge is 2.36. The van der Waals surface area contributed by atoms with Crippen molar-refractivity contribution >= 4 is 17.9 Å². The molecule has 0 bridgehead atoms. The molecular formula is C27H37N3O5. The van der Waals surface area contributed by atoms with Gasteiger partial charge in [-0.15, -0.1) is 0 Å². The highest BCUT2D eigenvalue weighted by atomic mass is 16.6. The van der Waals surface area contributed by atoms with Crippen molar-refractivity contribution < 1.29 is 24.2 Å². The summed E-state index contributed by atoms with van der Waals surface area (Å²) < 4.78 is 5.37. The maximum Gasteiger partial charge on any atom is 0.408 e. The number of alkyl carbamates (subject to hydrolysis) is 1. The molecule has 0 aliphatic heterocycles. The van der Waals surface area contributed by atoms with Crippen LogP contribution in [0.5, 0.6) is 5.75 Å². The molecule has 35 heavy (non-hydrogen) atoms. The zero-order chi connectivity index (χ0) is 26.4. The van der Waals surface area contributed by atoms with Crippen molar-refractivity contribution in [3.05, 3.63) is 65.7 Å². The predicted molar refractivity (Wildman–Crippen MR) is 135 cm³/mol. The molecular weight excluding hydrogens is 446 g/mol. The molecule has 0 aliphatic carbocycles. The molecule has 0 aromatic heterocycles. The number of nitrogens with zero attached hydrogens (tertiary/aromatic N) is 1. The highest BCUT2D eigenvalue weighted by Crippen LogP contribution is 2.29. The van der Waals surface area contributed by atoms with Gasteiger partial charge in [0.1, 0.15) is 23.4 Å². The maximum atomic E-state index is 13.7. The normalized spacial score (nSPS) is 13.3. The van der Waals surface area contributed by atoms with E-state index in [1.165, 1.54) is 18.0 Å². The number of benzene rings is 2. The van der Waals surface area contributed by atoms with Crippen molar-refractivity contribution in [1.82, 2.24) is 15.5 Å². The fourth-order valence-electron chi connectivity index (χ4n) is 3.56. The van der Waals surface area contributed by atoms with Crippen LogP contribution in [0.2, 0.25) is 0 Å². The van der Waals surface area contributed by atoms with Crippen molar-refractivity contribution in [3.8, 4) is 5.75 Å². The summed E-state index contributed by atoms with van der Waals surface area (Å²) in [5.41, 5.74) is -0.210. The third-order valence-electron chi connectivity index (χ3n) is 4.98. The van der Waals surface area contributed by atoms with Crippen molar-refractivity contribution in [2.45, 2.75) is 71.2 Å². The Labute approximate surface area is 207 Å². The van der Waals surface area contributed by atoms with Crippen molar-refractivity contribution in [2.24, 2.45) is 0 Å². The van der Waals surface area contributed by atoms with Crippen LogP contribution in [0, 0.1) is 0 Å². The summed E-state index contributed by atoms with van der Waals surface area (Å²) in [4.78, 5) is 40.9. The minimum Gasteiger partial charge on any atom is -0.508 e. The van der Waals surface area contributed by atoms with Crippen LogP contribution in [0.4, 0.5) is 4.79 Å². The topological polar surface area (TPSA) is 108 Å². The second-order valence-corrected chi connectivity index (χ2v) is 10.5. The lowest BCUT2D eigenvalue weighted by Gasteiger charge is -2.33. The van der Waals surface area contributed by atoms with Crippen LogP contribution < -0.4 is 10.6 Å². The molecule has 2 aromatic rings. The molecule has 0 aliphatic rings. The van der Waals surface area contributed by atoms with E-state index in [1.807, 2.05) is 51.1 Å². The van der Waals surface area contributed by atoms with Gasteiger partial charge in [-0.05, 0) is 53.2 Å². The lowest BCUT2D eigenvalue weighted by molar-refractivity contribution is -0.141. The Hall–Kier alpha value is -3.55. The molecule has 0 heterocycles. The number of phenolic OH excluding ortho intramolecular Hbond substituents is 1. The van der Waals surface area contributed by atoms with Crippen LogP contribution >= 0.6 is 0 Å². The average molecular weight is 484 g/mol. The Morgan fingerprint density at radius 3 is 2.06 bits per heavy atom. The quantitative estimate of drug-likeness (QED) is 0.553. The molecule has 0 saturated carbocycles. The van der Waals surface area contributed by atoms with Crippen LogP contribution in [-0.4, -0.2) is 52.1 Å². The lowest BCUT2D eigenvalue weighted by atomic mass is 9.99. The van der Waals surface area contributed by atoms with Crippen LogP contribution in [0.25, 0.3) is 0 Å². The smallest absolute Gasteiger partial charge is 0.408 e.